The number of rotatable bonds is 5. The first kappa shape index (κ1) is 17.5. The molecule has 9 heteroatoms. The van der Waals surface area contributed by atoms with Crippen molar-refractivity contribution in [3.63, 3.8) is 0 Å². The number of carbonyl (C=O) groups is 1. The van der Waals surface area contributed by atoms with Gasteiger partial charge in [-0.2, -0.15) is 13.2 Å². The molecule has 1 aromatic rings. The molecule has 0 aromatic heterocycles. The first-order valence-electron chi connectivity index (χ1n) is 6.01. The number of alkyl halides is 3. The Bertz CT molecular complexity index is 612. The van der Waals surface area contributed by atoms with Crippen LogP contribution in [-0.2, 0) is 4.74 Å². The molecule has 0 spiro atoms. The quantitative estimate of drug-likeness (QED) is 0.442. The van der Waals surface area contributed by atoms with Crippen molar-refractivity contribution in [1.29, 1.82) is 5.41 Å². The minimum Gasteiger partial charge on any atom is -0.462 e. The first-order chi connectivity index (χ1) is 10.1. The fraction of sp³-hybridized carbons (Fsp3) is 0.231. The maximum Gasteiger partial charge on any atom is 0.432 e. The molecule has 0 radical (unpaired) electrons. The second-order valence-electron chi connectivity index (χ2n) is 4.05. The number of nitrogens with one attached hydrogen (secondary N) is 2. The van der Waals surface area contributed by atoms with Crippen molar-refractivity contribution in [1.82, 2.24) is 0 Å². The first-order valence-corrected chi connectivity index (χ1v) is 6.01. The topological polar surface area (TPSA) is 88.2 Å². The fourth-order valence-electron chi connectivity index (χ4n) is 1.39. The molecule has 4 N–H and O–H groups in total. The lowest BCUT2D eigenvalue weighted by molar-refractivity contribution is -0.0584. The Morgan fingerprint density at radius 2 is 2.09 bits per heavy atom. The van der Waals surface area contributed by atoms with E-state index in [2.05, 4.69) is 10.1 Å². The third-order valence-electron chi connectivity index (χ3n) is 2.36. The van der Waals surface area contributed by atoms with Gasteiger partial charge >= 0.3 is 12.1 Å². The highest BCUT2D eigenvalue weighted by Crippen LogP contribution is 2.19. The zero-order valence-electron chi connectivity index (χ0n) is 11.4. The smallest absolute Gasteiger partial charge is 0.432 e. The Labute approximate surface area is 123 Å². The standard InChI is InChI=1S/C13H13F4N3O2/c1-2-22-12(21)7-3-4-9(8(14)5-7)20-11(19)6-10(18)13(15,16)17/h3-6,18,20H,2,19H2,1H3/b11-6-,18-10?. The maximum atomic E-state index is 13.8. The van der Waals surface area contributed by atoms with Crippen molar-refractivity contribution in [2.24, 2.45) is 5.73 Å². The molecule has 120 valence electrons. The average molecular weight is 319 g/mol. The normalized spacial score (nSPS) is 12.0. The lowest BCUT2D eigenvalue weighted by atomic mass is 10.2. The van der Waals surface area contributed by atoms with Crippen molar-refractivity contribution < 1.29 is 27.1 Å². The zero-order chi connectivity index (χ0) is 16.9. The van der Waals surface area contributed by atoms with Crippen LogP contribution in [0.4, 0.5) is 23.2 Å². The highest BCUT2D eigenvalue weighted by Gasteiger charge is 2.32. The summed E-state index contributed by atoms with van der Waals surface area (Å²) in [5, 5.41) is 8.93. The fourth-order valence-corrected chi connectivity index (χ4v) is 1.39. The molecule has 0 atom stereocenters. The lowest BCUT2D eigenvalue weighted by Gasteiger charge is -2.10. The number of ether oxygens (including phenoxy) is 1. The van der Waals surface area contributed by atoms with Gasteiger partial charge in [0.25, 0.3) is 0 Å². The van der Waals surface area contributed by atoms with Gasteiger partial charge in [0.05, 0.1) is 17.9 Å². The molecule has 0 heterocycles. The van der Waals surface area contributed by atoms with Gasteiger partial charge < -0.3 is 15.8 Å². The Balaban J connectivity index is 2.89. The Morgan fingerprint density at radius 1 is 1.45 bits per heavy atom. The van der Waals surface area contributed by atoms with Crippen LogP contribution in [0.3, 0.4) is 0 Å². The second kappa shape index (κ2) is 6.92. The van der Waals surface area contributed by atoms with Gasteiger partial charge in [0.1, 0.15) is 17.3 Å². The van der Waals surface area contributed by atoms with Crippen LogP contribution in [0.15, 0.2) is 30.1 Å². The number of allylic oxidation sites excluding steroid dienone is 1. The number of esters is 1. The number of halogens is 4. The molecule has 0 aliphatic heterocycles. The summed E-state index contributed by atoms with van der Waals surface area (Å²) in [6.45, 7) is 1.71. The summed E-state index contributed by atoms with van der Waals surface area (Å²) in [6.07, 6.45) is -4.53. The van der Waals surface area contributed by atoms with E-state index in [1.807, 2.05) is 0 Å². The molecular formula is C13H13F4N3O2. The van der Waals surface area contributed by atoms with Crippen molar-refractivity contribution in [3.8, 4) is 0 Å². The highest BCUT2D eigenvalue weighted by atomic mass is 19.4. The van der Waals surface area contributed by atoms with Gasteiger partial charge in [0.2, 0.25) is 0 Å². The van der Waals surface area contributed by atoms with E-state index in [0.29, 0.717) is 6.08 Å². The minimum absolute atomic E-state index is 0.0458. The Hall–Kier alpha value is -2.58. The minimum atomic E-state index is -4.85. The van der Waals surface area contributed by atoms with Gasteiger partial charge in [-0.25, -0.2) is 9.18 Å². The Kier molecular flexibility index (Phi) is 5.50. The second-order valence-corrected chi connectivity index (χ2v) is 4.05. The van der Waals surface area contributed by atoms with E-state index in [9.17, 15) is 22.4 Å². The zero-order valence-corrected chi connectivity index (χ0v) is 11.4. The van der Waals surface area contributed by atoms with E-state index in [1.54, 1.807) is 6.92 Å². The van der Waals surface area contributed by atoms with Gasteiger partial charge in [-0.05, 0) is 25.1 Å². The molecule has 0 aliphatic carbocycles. The summed E-state index contributed by atoms with van der Waals surface area (Å²) >= 11 is 0. The van der Waals surface area contributed by atoms with E-state index >= 15 is 0 Å². The van der Waals surface area contributed by atoms with Gasteiger partial charge in [-0.3, -0.25) is 5.41 Å². The van der Waals surface area contributed by atoms with E-state index in [4.69, 9.17) is 11.1 Å². The molecule has 0 fully saturated rings. The van der Waals surface area contributed by atoms with Crippen LogP contribution >= 0.6 is 0 Å². The number of carbonyl (C=O) groups excluding carboxylic acids is 1. The SMILES string of the molecule is CCOC(=O)c1ccc(N/C(N)=C\C(=N)C(F)(F)F)c(F)c1. The van der Waals surface area contributed by atoms with Crippen LogP contribution in [0, 0.1) is 11.2 Å². The molecular weight excluding hydrogens is 306 g/mol. The molecule has 1 aromatic carbocycles. The van der Waals surface area contributed by atoms with Crippen LogP contribution < -0.4 is 11.1 Å². The lowest BCUT2D eigenvalue weighted by Crippen LogP contribution is -2.22. The molecule has 0 amide bonds. The monoisotopic (exact) mass is 319 g/mol. The van der Waals surface area contributed by atoms with Crippen LogP contribution in [-0.4, -0.2) is 24.5 Å². The molecule has 5 nitrogen and oxygen atoms in total. The number of hydrogen-bond donors (Lipinski definition) is 3. The third-order valence-corrected chi connectivity index (χ3v) is 2.36. The molecule has 22 heavy (non-hydrogen) atoms. The summed E-state index contributed by atoms with van der Waals surface area (Å²) in [7, 11) is 0. The predicted octanol–water partition coefficient (Wildman–Crippen LogP) is 2.80. The van der Waals surface area contributed by atoms with Crippen molar-refractivity contribution >= 4 is 17.4 Å². The van der Waals surface area contributed by atoms with E-state index in [0.717, 1.165) is 12.1 Å². The van der Waals surface area contributed by atoms with E-state index < -0.39 is 29.5 Å². The maximum absolute atomic E-state index is 13.8. The molecule has 0 saturated heterocycles. The number of nitrogens with two attached hydrogens (primary N) is 1. The van der Waals surface area contributed by atoms with Crippen molar-refractivity contribution in [2.75, 3.05) is 11.9 Å². The molecule has 0 aliphatic rings. The Morgan fingerprint density at radius 3 is 2.59 bits per heavy atom. The average Bonchev–Trinajstić information content (AvgIpc) is 2.40. The van der Waals surface area contributed by atoms with Crippen LogP contribution in [0.2, 0.25) is 0 Å². The van der Waals surface area contributed by atoms with Crippen molar-refractivity contribution in [2.45, 2.75) is 13.1 Å². The van der Waals surface area contributed by atoms with Gasteiger partial charge in [0.15, 0.2) is 0 Å². The largest absolute Gasteiger partial charge is 0.462 e. The van der Waals surface area contributed by atoms with Crippen LogP contribution in [0.5, 0.6) is 0 Å². The number of hydrogen-bond acceptors (Lipinski definition) is 5. The predicted molar refractivity (Wildman–Crippen MR) is 72.0 cm³/mol. The van der Waals surface area contributed by atoms with Gasteiger partial charge in [-0.1, -0.05) is 0 Å². The van der Waals surface area contributed by atoms with E-state index in [1.165, 1.54) is 6.07 Å². The molecule has 0 saturated carbocycles. The summed E-state index contributed by atoms with van der Waals surface area (Å²) in [6, 6.07) is 3.22. The number of benzene rings is 1. The van der Waals surface area contributed by atoms with Crippen LogP contribution in [0.25, 0.3) is 0 Å². The summed E-state index contributed by atoms with van der Waals surface area (Å²) in [4.78, 5) is 11.4. The highest BCUT2D eigenvalue weighted by molar-refractivity contribution is 5.97. The summed E-state index contributed by atoms with van der Waals surface area (Å²) in [5.74, 6) is -2.19. The van der Waals surface area contributed by atoms with Crippen LogP contribution in [0.1, 0.15) is 17.3 Å². The number of anilines is 1. The molecule has 1 rings (SSSR count). The van der Waals surface area contributed by atoms with Gasteiger partial charge in [-0.15, -0.1) is 0 Å². The van der Waals surface area contributed by atoms with E-state index in [-0.39, 0.29) is 17.9 Å². The molecule has 0 bridgehead atoms. The van der Waals surface area contributed by atoms with Gasteiger partial charge in [0, 0.05) is 6.08 Å². The molecule has 0 unspecified atom stereocenters. The van der Waals surface area contributed by atoms with Crippen molar-refractivity contribution in [3.05, 3.63) is 41.5 Å². The summed E-state index contributed by atoms with van der Waals surface area (Å²) < 4.78 is 54.9. The summed E-state index contributed by atoms with van der Waals surface area (Å²) in [5.41, 5.74) is 3.30. The third kappa shape index (κ3) is 4.76.